The summed E-state index contributed by atoms with van der Waals surface area (Å²) >= 11 is 0. The lowest BCUT2D eigenvalue weighted by Gasteiger charge is -2.45. The first-order valence-electron chi connectivity index (χ1n) is 8.72. The van der Waals surface area contributed by atoms with Gasteiger partial charge < -0.3 is 10.4 Å². The molecule has 0 aliphatic heterocycles. The molecule has 23 heavy (non-hydrogen) atoms. The molecule has 1 aromatic rings. The maximum absolute atomic E-state index is 12.7. The van der Waals surface area contributed by atoms with E-state index in [2.05, 4.69) is 12.2 Å². The minimum absolute atomic E-state index is 0.116. The van der Waals surface area contributed by atoms with Gasteiger partial charge in [-0.25, -0.2) is 0 Å². The number of nitrogens with one attached hydrogen (secondary N) is 1. The second kappa shape index (κ2) is 6.73. The summed E-state index contributed by atoms with van der Waals surface area (Å²) in [4.78, 5) is 24.4. The van der Waals surface area contributed by atoms with Crippen LogP contribution in [0.4, 0.5) is 5.69 Å². The van der Waals surface area contributed by atoms with E-state index in [0.29, 0.717) is 0 Å². The number of hydrogen-bond donors (Lipinski definition) is 2. The Morgan fingerprint density at radius 1 is 1.04 bits per heavy atom. The lowest BCUT2D eigenvalue weighted by atomic mass is 9.58. The van der Waals surface area contributed by atoms with Gasteiger partial charge in [0.2, 0.25) is 5.91 Å². The van der Waals surface area contributed by atoms with Crippen molar-refractivity contribution in [1.82, 2.24) is 0 Å². The molecule has 0 heterocycles. The number of carbonyl (C=O) groups is 2. The average Bonchev–Trinajstić information content (AvgIpc) is 2.57. The minimum Gasteiger partial charge on any atom is -0.481 e. The van der Waals surface area contributed by atoms with Gasteiger partial charge >= 0.3 is 5.97 Å². The Morgan fingerprint density at radius 3 is 2.13 bits per heavy atom. The summed E-state index contributed by atoms with van der Waals surface area (Å²) in [5.74, 6) is -1.43. The molecule has 124 valence electrons. The monoisotopic (exact) mass is 315 g/mol. The molecular formula is C19H25NO3. The summed E-state index contributed by atoms with van der Waals surface area (Å²) in [5, 5.41) is 12.5. The van der Waals surface area contributed by atoms with Crippen LogP contribution in [-0.2, 0) is 16.0 Å². The zero-order chi connectivity index (χ0) is 16.4. The average molecular weight is 315 g/mol. The first-order valence-corrected chi connectivity index (χ1v) is 8.72. The fourth-order valence-corrected chi connectivity index (χ4v) is 4.45. The molecule has 4 rings (SSSR count). The molecule has 0 unspecified atom stereocenters. The van der Waals surface area contributed by atoms with Crippen molar-refractivity contribution in [3.05, 3.63) is 29.8 Å². The van der Waals surface area contributed by atoms with Crippen LogP contribution < -0.4 is 5.32 Å². The van der Waals surface area contributed by atoms with Crippen molar-refractivity contribution >= 4 is 17.6 Å². The largest absolute Gasteiger partial charge is 0.481 e. The summed E-state index contributed by atoms with van der Waals surface area (Å²) in [6, 6.07) is 7.89. The molecule has 3 fully saturated rings. The molecule has 0 spiro atoms. The van der Waals surface area contributed by atoms with Crippen LogP contribution in [0.25, 0.3) is 0 Å². The normalized spacial score (nSPS) is 29.3. The van der Waals surface area contributed by atoms with Crippen LogP contribution in [0, 0.1) is 23.7 Å². The van der Waals surface area contributed by atoms with Gasteiger partial charge in [0.25, 0.3) is 0 Å². The quantitative estimate of drug-likeness (QED) is 0.870. The zero-order valence-corrected chi connectivity index (χ0v) is 13.6. The third kappa shape index (κ3) is 3.26. The molecule has 2 atom stereocenters. The van der Waals surface area contributed by atoms with Crippen molar-refractivity contribution < 1.29 is 14.7 Å². The predicted octanol–water partition coefficient (Wildman–Crippen LogP) is 3.71. The molecule has 0 radical (unpaired) electrons. The molecule has 1 amide bonds. The molecule has 2 bridgehead atoms. The van der Waals surface area contributed by atoms with E-state index < -0.39 is 11.9 Å². The SMILES string of the molecule is CCCc1ccc(NC(=O)[C@@H]2C3CCC(CC3)[C@@H]2C(=O)O)cc1. The van der Waals surface area contributed by atoms with Gasteiger partial charge in [0, 0.05) is 5.69 Å². The van der Waals surface area contributed by atoms with E-state index >= 15 is 0 Å². The summed E-state index contributed by atoms with van der Waals surface area (Å²) in [5.41, 5.74) is 2.02. The van der Waals surface area contributed by atoms with Crippen LogP contribution in [0.3, 0.4) is 0 Å². The van der Waals surface area contributed by atoms with Crippen LogP contribution in [0.1, 0.15) is 44.6 Å². The number of carbonyl (C=O) groups excluding carboxylic acids is 1. The van der Waals surface area contributed by atoms with Gasteiger partial charge in [0.1, 0.15) is 0 Å². The highest BCUT2D eigenvalue weighted by atomic mass is 16.4. The Balaban J connectivity index is 1.72. The zero-order valence-electron chi connectivity index (χ0n) is 13.6. The number of aliphatic carboxylic acids is 1. The number of rotatable bonds is 5. The van der Waals surface area contributed by atoms with Crippen molar-refractivity contribution in [1.29, 1.82) is 0 Å². The van der Waals surface area contributed by atoms with Crippen molar-refractivity contribution in [2.24, 2.45) is 23.7 Å². The van der Waals surface area contributed by atoms with Crippen molar-refractivity contribution in [3.8, 4) is 0 Å². The van der Waals surface area contributed by atoms with Crippen LogP contribution in [-0.4, -0.2) is 17.0 Å². The molecule has 0 aromatic heterocycles. The van der Waals surface area contributed by atoms with Gasteiger partial charge in [-0.3, -0.25) is 9.59 Å². The van der Waals surface area contributed by atoms with Crippen LogP contribution >= 0.6 is 0 Å². The first-order chi connectivity index (χ1) is 11.1. The van der Waals surface area contributed by atoms with Crippen molar-refractivity contribution in [2.75, 3.05) is 5.32 Å². The maximum atomic E-state index is 12.7. The van der Waals surface area contributed by atoms with Crippen LogP contribution in [0.5, 0.6) is 0 Å². The van der Waals surface area contributed by atoms with Crippen molar-refractivity contribution in [2.45, 2.75) is 45.4 Å². The number of aryl methyl sites for hydroxylation is 1. The molecule has 0 saturated heterocycles. The predicted molar refractivity (Wildman–Crippen MR) is 89.1 cm³/mol. The minimum atomic E-state index is -0.808. The number of amides is 1. The number of hydrogen-bond acceptors (Lipinski definition) is 2. The Kier molecular flexibility index (Phi) is 4.69. The van der Waals surface area contributed by atoms with Crippen molar-refractivity contribution in [3.63, 3.8) is 0 Å². The number of carboxylic acid groups (broad SMARTS) is 1. The second-order valence-corrected chi connectivity index (χ2v) is 7.00. The molecule has 2 N–H and O–H groups in total. The maximum Gasteiger partial charge on any atom is 0.307 e. The van der Waals surface area contributed by atoms with Gasteiger partial charge in [-0.05, 0) is 61.6 Å². The summed E-state index contributed by atoms with van der Waals surface area (Å²) in [6.07, 6.45) is 6.01. The summed E-state index contributed by atoms with van der Waals surface area (Å²) in [6.45, 7) is 2.14. The van der Waals surface area contributed by atoms with Gasteiger partial charge in [0.05, 0.1) is 11.8 Å². The van der Waals surface area contributed by atoms with Crippen LogP contribution in [0.15, 0.2) is 24.3 Å². The highest BCUT2D eigenvalue weighted by Gasteiger charge is 2.50. The van der Waals surface area contributed by atoms with Gasteiger partial charge in [-0.2, -0.15) is 0 Å². The van der Waals surface area contributed by atoms with E-state index in [1.807, 2.05) is 24.3 Å². The van der Waals surface area contributed by atoms with E-state index in [9.17, 15) is 14.7 Å². The Bertz CT molecular complexity index is 573. The third-order valence-electron chi connectivity index (χ3n) is 5.57. The third-order valence-corrected chi connectivity index (χ3v) is 5.57. The Morgan fingerprint density at radius 2 is 1.61 bits per heavy atom. The number of carboxylic acids is 1. The summed E-state index contributed by atoms with van der Waals surface area (Å²) in [7, 11) is 0. The molecule has 4 nitrogen and oxygen atoms in total. The number of anilines is 1. The lowest BCUT2D eigenvalue weighted by Crippen LogP contribution is -2.49. The summed E-state index contributed by atoms with van der Waals surface area (Å²) < 4.78 is 0. The van der Waals surface area contributed by atoms with E-state index in [4.69, 9.17) is 0 Å². The van der Waals surface area contributed by atoms with Gasteiger partial charge in [0.15, 0.2) is 0 Å². The number of benzene rings is 1. The number of fused-ring (bicyclic) bond motifs is 3. The Hall–Kier alpha value is -1.84. The topological polar surface area (TPSA) is 66.4 Å². The molecule has 4 heteroatoms. The van der Waals surface area contributed by atoms with E-state index in [1.165, 1.54) is 5.56 Å². The Labute approximate surface area is 137 Å². The highest BCUT2D eigenvalue weighted by molar-refractivity contribution is 5.95. The van der Waals surface area contributed by atoms with E-state index in [1.54, 1.807) is 0 Å². The van der Waals surface area contributed by atoms with Gasteiger partial charge in [-0.15, -0.1) is 0 Å². The smallest absolute Gasteiger partial charge is 0.307 e. The highest BCUT2D eigenvalue weighted by Crippen LogP contribution is 2.49. The van der Waals surface area contributed by atoms with E-state index in [-0.39, 0.29) is 23.7 Å². The van der Waals surface area contributed by atoms with Gasteiger partial charge in [-0.1, -0.05) is 25.5 Å². The fourth-order valence-electron chi connectivity index (χ4n) is 4.45. The molecule has 3 aliphatic rings. The molecule has 3 aliphatic carbocycles. The van der Waals surface area contributed by atoms with Crippen LogP contribution in [0.2, 0.25) is 0 Å². The van der Waals surface area contributed by atoms with E-state index in [0.717, 1.165) is 44.2 Å². The fraction of sp³-hybridized carbons (Fsp3) is 0.579. The lowest BCUT2D eigenvalue weighted by molar-refractivity contribution is -0.156. The molecular weight excluding hydrogens is 290 g/mol. The second-order valence-electron chi connectivity index (χ2n) is 7.00. The molecule has 1 aromatic carbocycles. The first kappa shape index (κ1) is 16.0. The standard InChI is InChI=1S/C19H25NO3/c1-2-3-12-4-10-15(11-5-12)20-18(21)16-13-6-8-14(9-7-13)17(16)19(22)23/h4-5,10-11,13-14,16-17H,2-3,6-9H2,1H3,(H,20,21)(H,22,23)/t13?,14?,16-,17+/m1/s1. The molecule has 3 saturated carbocycles.